The Bertz CT molecular complexity index is 651. The Morgan fingerprint density at radius 1 is 1.32 bits per heavy atom. The summed E-state index contributed by atoms with van der Waals surface area (Å²) in [7, 11) is 1.61. The lowest BCUT2D eigenvalue weighted by molar-refractivity contribution is -0.129. The minimum Gasteiger partial charge on any atom is -0.383 e. The van der Waals surface area contributed by atoms with Crippen LogP contribution < -0.4 is 10.2 Å². The molecule has 0 radical (unpaired) electrons. The van der Waals surface area contributed by atoms with Gasteiger partial charge in [0.2, 0.25) is 11.8 Å². The molecule has 0 aliphatic carbocycles. The molecule has 1 fully saturated rings. The van der Waals surface area contributed by atoms with E-state index in [0.29, 0.717) is 26.2 Å². The zero-order valence-electron chi connectivity index (χ0n) is 14.6. The van der Waals surface area contributed by atoms with Gasteiger partial charge in [0.05, 0.1) is 12.5 Å². The van der Waals surface area contributed by atoms with E-state index in [-0.39, 0.29) is 24.2 Å². The Labute approximate surface area is 148 Å². The first kappa shape index (κ1) is 17.5. The fourth-order valence-electron chi connectivity index (χ4n) is 3.25. The highest BCUT2D eigenvalue weighted by molar-refractivity contribution is 5.89. The monoisotopic (exact) mass is 343 g/mol. The molecular weight excluding hydrogens is 318 g/mol. The van der Waals surface area contributed by atoms with Gasteiger partial charge in [-0.15, -0.1) is 0 Å². The van der Waals surface area contributed by atoms with Crippen molar-refractivity contribution in [2.24, 2.45) is 5.92 Å². The van der Waals surface area contributed by atoms with E-state index in [1.165, 1.54) is 5.69 Å². The summed E-state index contributed by atoms with van der Waals surface area (Å²) in [4.78, 5) is 28.3. The number of nitrogens with one attached hydrogen (secondary N) is 1. The number of nitrogens with zero attached hydrogens (tertiary/aromatic N) is 2. The van der Waals surface area contributed by atoms with Gasteiger partial charge in [0, 0.05) is 51.9 Å². The van der Waals surface area contributed by atoms with E-state index in [0.717, 1.165) is 18.7 Å². The standard InChI is InChI=1S/C19H25N3O3/c1-25-10-9-22-14-16(12-18(22)23)19(24)20-13-15-5-4-6-17(11-15)21-7-2-3-8-21/h2-6,11,16H,7-10,12-14H2,1H3,(H,20,24). The van der Waals surface area contributed by atoms with Crippen LogP contribution in [0.5, 0.6) is 0 Å². The van der Waals surface area contributed by atoms with Crippen LogP contribution >= 0.6 is 0 Å². The molecular formula is C19H25N3O3. The normalized spacial score (nSPS) is 19.7. The van der Waals surface area contributed by atoms with Gasteiger partial charge in [-0.3, -0.25) is 9.59 Å². The number of methoxy groups -OCH3 is 1. The fraction of sp³-hybridized carbons (Fsp3) is 0.474. The Morgan fingerprint density at radius 3 is 2.88 bits per heavy atom. The summed E-state index contributed by atoms with van der Waals surface area (Å²) < 4.78 is 5.00. The van der Waals surface area contributed by atoms with E-state index >= 15 is 0 Å². The van der Waals surface area contributed by atoms with E-state index in [1.54, 1.807) is 12.0 Å². The Hall–Kier alpha value is -2.34. The van der Waals surface area contributed by atoms with Crippen LogP contribution in [0, 0.1) is 5.92 Å². The third-order valence-corrected chi connectivity index (χ3v) is 4.71. The number of ether oxygens (including phenoxy) is 1. The summed E-state index contributed by atoms with van der Waals surface area (Å²) in [5, 5.41) is 2.97. The van der Waals surface area contributed by atoms with Crippen molar-refractivity contribution < 1.29 is 14.3 Å². The zero-order valence-corrected chi connectivity index (χ0v) is 14.6. The molecule has 134 valence electrons. The van der Waals surface area contributed by atoms with Gasteiger partial charge in [-0.1, -0.05) is 24.3 Å². The molecule has 6 heteroatoms. The average molecular weight is 343 g/mol. The summed E-state index contributed by atoms with van der Waals surface area (Å²) in [6, 6.07) is 8.22. The number of carbonyl (C=O) groups is 2. The van der Waals surface area contributed by atoms with Gasteiger partial charge in [-0.2, -0.15) is 0 Å². The number of carbonyl (C=O) groups excluding carboxylic acids is 2. The van der Waals surface area contributed by atoms with E-state index in [2.05, 4.69) is 34.5 Å². The summed E-state index contributed by atoms with van der Waals surface area (Å²) in [6.07, 6.45) is 4.59. The Morgan fingerprint density at radius 2 is 2.12 bits per heavy atom. The molecule has 2 amide bonds. The van der Waals surface area contributed by atoms with Gasteiger partial charge in [0.25, 0.3) is 0 Å². The third-order valence-electron chi connectivity index (χ3n) is 4.71. The number of likely N-dealkylation sites (tertiary alicyclic amines) is 1. The maximum Gasteiger partial charge on any atom is 0.225 e. The predicted molar refractivity (Wildman–Crippen MR) is 96.2 cm³/mol. The molecule has 1 unspecified atom stereocenters. The molecule has 3 rings (SSSR count). The van der Waals surface area contributed by atoms with Crippen molar-refractivity contribution in [1.29, 1.82) is 0 Å². The molecule has 0 aromatic heterocycles. The quantitative estimate of drug-likeness (QED) is 0.755. The van der Waals surface area contributed by atoms with Gasteiger partial charge in [0.1, 0.15) is 0 Å². The van der Waals surface area contributed by atoms with Gasteiger partial charge in [-0.25, -0.2) is 0 Å². The van der Waals surface area contributed by atoms with Gasteiger partial charge in [0.15, 0.2) is 0 Å². The molecule has 2 heterocycles. The van der Waals surface area contributed by atoms with E-state index in [1.807, 2.05) is 12.1 Å². The minimum absolute atomic E-state index is 0.0285. The average Bonchev–Trinajstić information content (AvgIpc) is 3.28. The van der Waals surface area contributed by atoms with Crippen molar-refractivity contribution in [1.82, 2.24) is 10.2 Å². The molecule has 25 heavy (non-hydrogen) atoms. The minimum atomic E-state index is -0.268. The van der Waals surface area contributed by atoms with Crippen molar-refractivity contribution in [3.63, 3.8) is 0 Å². The SMILES string of the molecule is COCCN1CC(C(=O)NCc2cccc(N3CC=CC3)c2)CC1=O. The van der Waals surface area contributed by atoms with Gasteiger partial charge < -0.3 is 19.9 Å². The molecule has 1 aromatic carbocycles. The second kappa shape index (κ2) is 8.16. The topological polar surface area (TPSA) is 61.9 Å². The third kappa shape index (κ3) is 4.39. The Balaban J connectivity index is 1.51. The van der Waals surface area contributed by atoms with Crippen LogP contribution in [0.1, 0.15) is 12.0 Å². The first-order valence-corrected chi connectivity index (χ1v) is 8.70. The number of amides is 2. The van der Waals surface area contributed by atoms with Gasteiger partial charge in [-0.05, 0) is 17.7 Å². The van der Waals surface area contributed by atoms with Crippen LogP contribution in [0.15, 0.2) is 36.4 Å². The molecule has 0 saturated carbocycles. The lowest BCUT2D eigenvalue weighted by atomic mass is 10.1. The highest BCUT2D eigenvalue weighted by Gasteiger charge is 2.33. The van der Waals surface area contributed by atoms with E-state index in [9.17, 15) is 9.59 Å². The second-order valence-electron chi connectivity index (χ2n) is 6.50. The van der Waals surface area contributed by atoms with Crippen LogP contribution in [0.4, 0.5) is 5.69 Å². The molecule has 0 spiro atoms. The fourth-order valence-corrected chi connectivity index (χ4v) is 3.25. The van der Waals surface area contributed by atoms with Crippen molar-refractivity contribution in [3.05, 3.63) is 42.0 Å². The molecule has 1 N–H and O–H groups in total. The first-order chi connectivity index (χ1) is 12.2. The molecule has 1 aromatic rings. The first-order valence-electron chi connectivity index (χ1n) is 8.70. The zero-order chi connectivity index (χ0) is 17.6. The second-order valence-corrected chi connectivity index (χ2v) is 6.50. The highest BCUT2D eigenvalue weighted by Crippen LogP contribution is 2.20. The summed E-state index contributed by atoms with van der Waals surface area (Å²) in [6.45, 7) is 3.86. The lowest BCUT2D eigenvalue weighted by Crippen LogP contribution is -2.33. The molecule has 2 aliphatic heterocycles. The maximum atomic E-state index is 12.4. The van der Waals surface area contributed by atoms with Crippen LogP contribution in [0.2, 0.25) is 0 Å². The Kier molecular flexibility index (Phi) is 5.71. The number of rotatable bonds is 7. The maximum absolute atomic E-state index is 12.4. The number of hydrogen-bond acceptors (Lipinski definition) is 4. The predicted octanol–water partition coefficient (Wildman–Crippen LogP) is 1.17. The summed E-state index contributed by atoms with van der Waals surface area (Å²) in [5.74, 6) is -0.294. The lowest BCUT2D eigenvalue weighted by Gasteiger charge is -2.19. The smallest absolute Gasteiger partial charge is 0.225 e. The summed E-state index contributed by atoms with van der Waals surface area (Å²) >= 11 is 0. The van der Waals surface area contributed by atoms with Gasteiger partial charge >= 0.3 is 0 Å². The van der Waals surface area contributed by atoms with Crippen molar-refractivity contribution in [2.75, 3.05) is 44.8 Å². The molecule has 6 nitrogen and oxygen atoms in total. The molecule has 1 saturated heterocycles. The highest BCUT2D eigenvalue weighted by atomic mass is 16.5. The van der Waals surface area contributed by atoms with Crippen molar-refractivity contribution in [3.8, 4) is 0 Å². The number of anilines is 1. The van der Waals surface area contributed by atoms with Crippen molar-refractivity contribution >= 4 is 17.5 Å². The molecule has 0 bridgehead atoms. The number of benzene rings is 1. The largest absolute Gasteiger partial charge is 0.383 e. The summed E-state index contributed by atoms with van der Waals surface area (Å²) in [5.41, 5.74) is 2.23. The van der Waals surface area contributed by atoms with Crippen LogP contribution in [-0.2, 0) is 20.9 Å². The van der Waals surface area contributed by atoms with Crippen molar-refractivity contribution in [2.45, 2.75) is 13.0 Å². The molecule has 1 atom stereocenters. The van der Waals surface area contributed by atoms with Crippen LogP contribution in [0.25, 0.3) is 0 Å². The van der Waals surface area contributed by atoms with Crippen LogP contribution in [-0.4, -0.2) is 56.6 Å². The van der Waals surface area contributed by atoms with E-state index < -0.39 is 0 Å². The molecule has 2 aliphatic rings. The number of hydrogen-bond donors (Lipinski definition) is 1. The van der Waals surface area contributed by atoms with Crippen LogP contribution in [0.3, 0.4) is 0 Å². The van der Waals surface area contributed by atoms with E-state index in [4.69, 9.17) is 4.74 Å².